The minimum Gasteiger partial charge on any atom is -0.470 e. The number of rotatable bonds is 3. The van der Waals surface area contributed by atoms with E-state index in [0.29, 0.717) is 6.61 Å². The van der Waals surface area contributed by atoms with Crippen molar-refractivity contribution < 1.29 is 9.26 Å². The Labute approximate surface area is 92.0 Å². The van der Waals surface area contributed by atoms with Gasteiger partial charge in [-0.1, -0.05) is 30.3 Å². The SMILES string of the molecule is N#Cc1c(OCc2ccccc2)noc1N. The van der Waals surface area contributed by atoms with Gasteiger partial charge in [0.25, 0.3) is 5.88 Å². The first-order valence-corrected chi connectivity index (χ1v) is 4.63. The number of aromatic nitrogens is 1. The predicted octanol–water partition coefficient (Wildman–Crippen LogP) is 1.71. The van der Waals surface area contributed by atoms with Crippen molar-refractivity contribution in [1.29, 1.82) is 5.26 Å². The Kier molecular flexibility index (Phi) is 2.74. The summed E-state index contributed by atoms with van der Waals surface area (Å²) in [6, 6.07) is 11.4. The molecule has 80 valence electrons. The van der Waals surface area contributed by atoms with Gasteiger partial charge in [0.05, 0.1) is 0 Å². The third-order valence-electron chi connectivity index (χ3n) is 2.02. The highest BCUT2D eigenvalue weighted by atomic mass is 16.5. The molecule has 1 aromatic carbocycles. The molecule has 0 aliphatic rings. The molecule has 1 aromatic heterocycles. The summed E-state index contributed by atoms with van der Waals surface area (Å²) < 4.78 is 9.98. The Balaban J connectivity index is 2.09. The number of ether oxygens (including phenoxy) is 1. The highest BCUT2D eigenvalue weighted by Gasteiger charge is 2.14. The molecule has 2 rings (SSSR count). The summed E-state index contributed by atoms with van der Waals surface area (Å²) in [5.74, 6) is 0.106. The van der Waals surface area contributed by atoms with E-state index in [1.165, 1.54) is 0 Å². The highest BCUT2D eigenvalue weighted by Crippen LogP contribution is 2.22. The van der Waals surface area contributed by atoms with E-state index in [2.05, 4.69) is 9.68 Å². The summed E-state index contributed by atoms with van der Waals surface area (Å²) in [5, 5.41) is 12.3. The van der Waals surface area contributed by atoms with Crippen LogP contribution in [-0.2, 0) is 6.61 Å². The molecule has 0 aliphatic carbocycles. The lowest BCUT2D eigenvalue weighted by Gasteiger charge is -2.01. The van der Waals surface area contributed by atoms with Crippen molar-refractivity contribution in [2.75, 3.05) is 5.73 Å². The van der Waals surface area contributed by atoms with Crippen LogP contribution in [0.1, 0.15) is 11.1 Å². The Morgan fingerprint density at radius 3 is 2.81 bits per heavy atom. The number of benzene rings is 1. The summed E-state index contributed by atoms with van der Waals surface area (Å²) in [6.45, 7) is 0.321. The van der Waals surface area contributed by atoms with Crippen molar-refractivity contribution in [2.24, 2.45) is 0 Å². The minimum absolute atomic E-state index is 0.0226. The van der Waals surface area contributed by atoms with E-state index in [1.54, 1.807) is 0 Å². The van der Waals surface area contributed by atoms with Crippen LogP contribution in [0.5, 0.6) is 5.88 Å². The van der Waals surface area contributed by atoms with Crippen LogP contribution < -0.4 is 10.5 Å². The zero-order valence-electron chi connectivity index (χ0n) is 8.38. The molecule has 2 aromatic rings. The molecule has 0 saturated heterocycles. The first-order chi connectivity index (χ1) is 7.81. The van der Waals surface area contributed by atoms with Gasteiger partial charge in [-0.3, -0.25) is 0 Å². The quantitative estimate of drug-likeness (QED) is 0.842. The third kappa shape index (κ3) is 1.96. The second kappa shape index (κ2) is 4.36. The van der Waals surface area contributed by atoms with Crippen LogP contribution in [0.3, 0.4) is 0 Å². The van der Waals surface area contributed by atoms with E-state index in [0.717, 1.165) is 5.56 Å². The number of nitrogen functional groups attached to an aromatic ring is 1. The molecule has 2 N–H and O–H groups in total. The fourth-order valence-electron chi connectivity index (χ4n) is 1.21. The fourth-order valence-corrected chi connectivity index (χ4v) is 1.21. The van der Waals surface area contributed by atoms with Crippen molar-refractivity contribution in [3.05, 3.63) is 41.5 Å². The van der Waals surface area contributed by atoms with E-state index in [1.807, 2.05) is 36.4 Å². The lowest BCUT2D eigenvalue weighted by molar-refractivity contribution is 0.270. The molecular weight excluding hydrogens is 206 g/mol. The van der Waals surface area contributed by atoms with E-state index in [9.17, 15) is 0 Å². The fraction of sp³-hybridized carbons (Fsp3) is 0.0909. The topological polar surface area (TPSA) is 85.1 Å². The molecule has 5 heteroatoms. The van der Waals surface area contributed by atoms with Gasteiger partial charge in [0, 0.05) is 0 Å². The Hall–Kier alpha value is -2.48. The molecule has 16 heavy (non-hydrogen) atoms. The van der Waals surface area contributed by atoms with Gasteiger partial charge in [0.15, 0.2) is 5.56 Å². The van der Waals surface area contributed by atoms with Crippen molar-refractivity contribution in [3.63, 3.8) is 0 Å². The van der Waals surface area contributed by atoms with Gasteiger partial charge >= 0.3 is 0 Å². The number of anilines is 1. The molecule has 0 unspecified atom stereocenters. The van der Waals surface area contributed by atoms with Crippen LogP contribution in [0.4, 0.5) is 5.88 Å². The minimum atomic E-state index is -0.0226. The first kappa shape index (κ1) is 10.1. The van der Waals surface area contributed by atoms with Gasteiger partial charge in [-0.05, 0) is 10.7 Å². The van der Waals surface area contributed by atoms with Crippen LogP contribution in [0.2, 0.25) is 0 Å². The molecule has 0 amide bonds. The molecule has 0 saturated carbocycles. The molecule has 0 atom stereocenters. The molecule has 1 heterocycles. The maximum absolute atomic E-state index is 8.78. The molecule has 0 radical (unpaired) electrons. The highest BCUT2D eigenvalue weighted by molar-refractivity contribution is 5.51. The summed E-state index contributed by atoms with van der Waals surface area (Å²) in [6.07, 6.45) is 0. The van der Waals surface area contributed by atoms with Crippen molar-refractivity contribution in [2.45, 2.75) is 6.61 Å². The van der Waals surface area contributed by atoms with Crippen molar-refractivity contribution >= 4 is 5.88 Å². The van der Waals surface area contributed by atoms with Crippen LogP contribution in [0.25, 0.3) is 0 Å². The molecular formula is C11H9N3O2. The Morgan fingerprint density at radius 2 is 2.12 bits per heavy atom. The van der Waals surface area contributed by atoms with Gasteiger partial charge in [-0.25, -0.2) is 0 Å². The maximum atomic E-state index is 8.78. The maximum Gasteiger partial charge on any atom is 0.275 e. The average molecular weight is 215 g/mol. The van der Waals surface area contributed by atoms with Gasteiger partial charge in [0.2, 0.25) is 5.88 Å². The van der Waals surface area contributed by atoms with Crippen molar-refractivity contribution in [3.8, 4) is 11.9 Å². The standard InChI is InChI=1S/C11H9N3O2/c12-6-9-10(13)16-14-11(9)15-7-8-4-2-1-3-5-8/h1-5H,7,13H2. The summed E-state index contributed by atoms with van der Waals surface area (Å²) >= 11 is 0. The van der Waals surface area contributed by atoms with Crippen LogP contribution in [0.15, 0.2) is 34.9 Å². The number of hydrogen-bond donors (Lipinski definition) is 1. The lowest BCUT2D eigenvalue weighted by atomic mass is 10.2. The summed E-state index contributed by atoms with van der Waals surface area (Å²) in [5.41, 5.74) is 6.50. The van der Waals surface area contributed by atoms with Crippen LogP contribution in [-0.4, -0.2) is 5.16 Å². The zero-order chi connectivity index (χ0) is 11.4. The van der Waals surface area contributed by atoms with Gasteiger partial charge in [0.1, 0.15) is 12.7 Å². The molecule has 0 bridgehead atoms. The Morgan fingerprint density at radius 1 is 1.38 bits per heavy atom. The first-order valence-electron chi connectivity index (χ1n) is 4.63. The predicted molar refractivity (Wildman–Crippen MR) is 56.4 cm³/mol. The van der Waals surface area contributed by atoms with E-state index in [4.69, 9.17) is 15.7 Å². The normalized spacial score (nSPS) is 9.69. The largest absolute Gasteiger partial charge is 0.470 e. The van der Waals surface area contributed by atoms with E-state index >= 15 is 0 Å². The number of hydrogen-bond acceptors (Lipinski definition) is 5. The molecule has 0 fully saturated rings. The van der Waals surface area contributed by atoms with Crippen LogP contribution >= 0.6 is 0 Å². The molecule has 0 spiro atoms. The van der Waals surface area contributed by atoms with E-state index < -0.39 is 0 Å². The second-order valence-corrected chi connectivity index (χ2v) is 3.11. The van der Waals surface area contributed by atoms with Gasteiger partial charge in [-0.15, -0.1) is 0 Å². The van der Waals surface area contributed by atoms with Crippen molar-refractivity contribution in [1.82, 2.24) is 5.16 Å². The Bertz CT molecular complexity index is 514. The number of nitriles is 1. The van der Waals surface area contributed by atoms with Crippen LogP contribution in [0, 0.1) is 11.3 Å². The number of nitrogens with zero attached hydrogens (tertiary/aromatic N) is 2. The van der Waals surface area contributed by atoms with Gasteiger partial charge < -0.3 is 15.0 Å². The average Bonchev–Trinajstić information content (AvgIpc) is 2.68. The monoisotopic (exact) mass is 215 g/mol. The second-order valence-electron chi connectivity index (χ2n) is 3.11. The number of nitrogens with two attached hydrogens (primary N) is 1. The summed E-state index contributed by atoms with van der Waals surface area (Å²) in [4.78, 5) is 0. The lowest BCUT2D eigenvalue weighted by Crippen LogP contribution is -1.97. The smallest absolute Gasteiger partial charge is 0.275 e. The summed E-state index contributed by atoms with van der Waals surface area (Å²) in [7, 11) is 0. The third-order valence-corrected chi connectivity index (χ3v) is 2.02. The molecule has 0 aliphatic heterocycles. The van der Waals surface area contributed by atoms with Gasteiger partial charge in [-0.2, -0.15) is 5.26 Å². The zero-order valence-corrected chi connectivity index (χ0v) is 8.38. The van der Waals surface area contributed by atoms with E-state index in [-0.39, 0.29) is 17.3 Å². The molecule has 5 nitrogen and oxygen atoms in total.